The molecule has 0 fully saturated rings. The highest BCUT2D eigenvalue weighted by molar-refractivity contribution is 6.37. The van der Waals surface area contributed by atoms with Crippen molar-refractivity contribution >= 4 is 46.1 Å². The molecule has 0 atom stereocenters. The van der Waals surface area contributed by atoms with Gasteiger partial charge in [-0.3, -0.25) is 4.68 Å². The zero-order valence-electron chi connectivity index (χ0n) is 20.3. The SMILES string of the molecule is Clc1ccc(C([SiH2]Cn2cncn2)c2ccc(Cl)cc2)cc1.[B]C=C(c1ccccc1)c1ccccc1. The summed E-state index contributed by atoms with van der Waals surface area (Å²) in [7, 11) is 5.18. The summed E-state index contributed by atoms with van der Waals surface area (Å²) in [5.74, 6) is 1.66. The normalized spacial score (nSPS) is 10.8. The van der Waals surface area contributed by atoms with Crippen LogP contribution in [0.3, 0.4) is 0 Å². The summed E-state index contributed by atoms with van der Waals surface area (Å²) < 4.78 is 1.91. The van der Waals surface area contributed by atoms with Gasteiger partial charge in [0.2, 0.25) is 0 Å². The van der Waals surface area contributed by atoms with E-state index in [9.17, 15) is 0 Å². The fraction of sp³-hybridized carbons (Fsp3) is 0.0667. The summed E-state index contributed by atoms with van der Waals surface area (Å²) >= 11 is 12.0. The van der Waals surface area contributed by atoms with Crippen LogP contribution < -0.4 is 0 Å². The molecule has 7 heteroatoms. The first-order chi connectivity index (χ1) is 18.1. The fourth-order valence-corrected chi connectivity index (χ4v) is 6.34. The average molecular weight is 538 g/mol. The molecule has 3 nitrogen and oxygen atoms in total. The Labute approximate surface area is 232 Å². The lowest BCUT2D eigenvalue weighted by Gasteiger charge is -2.18. The minimum absolute atomic E-state index is 0.402. The van der Waals surface area contributed by atoms with E-state index in [-0.39, 0.29) is 0 Å². The molecule has 0 N–H and O–H groups in total. The van der Waals surface area contributed by atoms with E-state index in [4.69, 9.17) is 31.0 Å². The second kappa shape index (κ2) is 13.8. The number of hydrogen-bond donors (Lipinski definition) is 0. The minimum Gasteiger partial charge on any atom is -0.257 e. The monoisotopic (exact) mass is 537 g/mol. The van der Waals surface area contributed by atoms with Crippen molar-refractivity contribution in [3.8, 4) is 0 Å². The number of benzene rings is 4. The first-order valence-electron chi connectivity index (χ1n) is 12.0. The van der Waals surface area contributed by atoms with Crippen LogP contribution in [0.2, 0.25) is 10.0 Å². The third-order valence-corrected chi connectivity index (χ3v) is 8.73. The molecule has 0 unspecified atom stereocenters. The Morgan fingerprint density at radius 3 is 1.65 bits per heavy atom. The maximum atomic E-state index is 6.01. The van der Waals surface area contributed by atoms with Crippen molar-refractivity contribution in [1.29, 1.82) is 0 Å². The summed E-state index contributed by atoms with van der Waals surface area (Å²) in [6.07, 6.45) is 4.29. The molecule has 1 aromatic heterocycles. The predicted molar refractivity (Wildman–Crippen MR) is 159 cm³/mol. The van der Waals surface area contributed by atoms with Crippen molar-refractivity contribution < 1.29 is 0 Å². The van der Waals surface area contributed by atoms with Crippen LogP contribution >= 0.6 is 23.2 Å². The maximum Gasteiger partial charge on any atom is 0.137 e. The van der Waals surface area contributed by atoms with Gasteiger partial charge in [-0.15, -0.1) is 5.98 Å². The first kappa shape index (κ1) is 26.7. The quantitative estimate of drug-likeness (QED) is 0.215. The van der Waals surface area contributed by atoms with Gasteiger partial charge in [0.05, 0.1) is 9.52 Å². The zero-order chi connectivity index (χ0) is 25.9. The largest absolute Gasteiger partial charge is 0.257 e. The molecule has 0 aliphatic carbocycles. The molecular weight excluding hydrogens is 512 g/mol. The van der Waals surface area contributed by atoms with E-state index < -0.39 is 9.52 Å². The van der Waals surface area contributed by atoms with Crippen LogP contribution in [0.5, 0.6) is 0 Å². The van der Waals surface area contributed by atoms with Gasteiger partial charge in [-0.05, 0) is 57.6 Å². The molecule has 0 saturated heterocycles. The van der Waals surface area contributed by atoms with Gasteiger partial charge in [0, 0.05) is 16.2 Å². The van der Waals surface area contributed by atoms with E-state index in [0.29, 0.717) is 5.54 Å². The van der Waals surface area contributed by atoms with Gasteiger partial charge in [-0.2, -0.15) is 5.10 Å². The van der Waals surface area contributed by atoms with E-state index in [0.717, 1.165) is 32.9 Å². The van der Waals surface area contributed by atoms with Crippen LogP contribution in [0.1, 0.15) is 27.8 Å². The molecule has 0 bridgehead atoms. The molecule has 1 heterocycles. The highest BCUT2D eigenvalue weighted by atomic mass is 35.5. The third-order valence-electron chi connectivity index (χ3n) is 5.99. The van der Waals surface area contributed by atoms with Crippen LogP contribution in [-0.2, 0) is 6.17 Å². The molecule has 0 amide bonds. The number of halogens is 2. The molecule has 0 aliphatic rings. The van der Waals surface area contributed by atoms with Crippen LogP contribution in [0.25, 0.3) is 5.57 Å². The van der Waals surface area contributed by atoms with Crippen LogP contribution in [-0.4, -0.2) is 32.1 Å². The predicted octanol–water partition coefficient (Wildman–Crippen LogP) is 6.75. The van der Waals surface area contributed by atoms with Gasteiger partial charge in [0.1, 0.15) is 20.5 Å². The van der Waals surface area contributed by atoms with Crippen molar-refractivity contribution in [2.45, 2.75) is 11.7 Å². The smallest absolute Gasteiger partial charge is 0.137 e. The van der Waals surface area contributed by atoms with Gasteiger partial charge < -0.3 is 0 Å². The van der Waals surface area contributed by atoms with Gasteiger partial charge in [0.15, 0.2) is 0 Å². The van der Waals surface area contributed by atoms with Crippen molar-refractivity contribution in [2.75, 3.05) is 0 Å². The molecule has 5 rings (SSSR count). The Kier molecular flexibility index (Phi) is 9.95. The Morgan fingerprint density at radius 1 is 0.757 bits per heavy atom. The van der Waals surface area contributed by atoms with Crippen LogP contribution in [0, 0.1) is 0 Å². The van der Waals surface area contributed by atoms with Gasteiger partial charge >= 0.3 is 0 Å². The van der Waals surface area contributed by atoms with Crippen molar-refractivity contribution in [3.05, 3.63) is 160 Å². The van der Waals surface area contributed by atoms with E-state index in [1.807, 2.05) is 65.3 Å². The molecule has 0 saturated carbocycles. The lowest BCUT2D eigenvalue weighted by atomic mass is 9.92. The van der Waals surface area contributed by atoms with Gasteiger partial charge in [-0.25, -0.2) is 4.98 Å². The lowest BCUT2D eigenvalue weighted by Crippen LogP contribution is -2.16. The third kappa shape index (κ3) is 7.80. The maximum absolute atomic E-state index is 6.01. The zero-order valence-corrected chi connectivity index (χ0v) is 23.2. The Morgan fingerprint density at radius 2 is 1.24 bits per heavy atom. The number of aromatic nitrogens is 3. The molecule has 182 valence electrons. The van der Waals surface area contributed by atoms with E-state index in [2.05, 4.69) is 58.6 Å². The molecule has 5 aromatic rings. The first-order valence-corrected chi connectivity index (χ1v) is 14.6. The van der Waals surface area contributed by atoms with Gasteiger partial charge in [0.25, 0.3) is 0 Å². The highest BCUT2D eigenvalue weighted by Gasteiger charge is 2.15. The van der Waals surface area contributed by atoms with Crippen molar-refractivity contribution in [2.24, 2.45) is 0 Å². The van der Waals surface area contributed by atoms with Crippen LogP contribution in [0.15, 0.2) is 128 Å². The molecule has 2 radical (unpaired) electrons. The summed E-state index contributed by atoms with van der Waals surface area (Å²) in [5.41, 5.74) is 6.34. The number of nitrogens with zero attached hydrogens (tertiary/aromatic N) is 3. The average Bonchev–Trinajstić information content (AvgIpc) is 3.47. The highest BCUT2D eigenvalue weighted by Crippen LogP contribution is 2.26. The van der Waals surface area contributed by atoms with Crippen molar-refractivity contribution in [3.63, 3.8) is 0 Å². The Hall–Kier alpha value is -3.38. The second-order valence-corrected chi connectivity index (χ2v) is 11.1. The van der Waals surface area contributed by atoms with E-state index >= 15 is 0 Å². The fourth-order valence-electron chi connectivity index (χ4n) is 4.12. The molecule has 0 spiro atoms. The van der Waals surface area contributed by atoms with Crippen LogP contribution in [0.4, 0.5) is 0 Å². The number of hydrogen-bond acceptors (Lipinski definition) is 2. The standard InChI is InChI=1S/C16H15Cl2N3Si.C14H11B/c17-14-5-1-12(2-6-14)16(13-3-7-15(18)8-4-13)22-11-21-10-19-9-20-21;15-11-14(12-7-3-1-4-8-12)13-9-5-2-6-10-13/h1-10,16H,11,22H2;1-11H. The lowest BCUT2D eigenvalue weighted by molar-refractivity contribution is 0.730. The molecule has 0 aliphatic heterocycles. The Balaban J connectivity index is 0.000000186. The topological polar surface area (TPSA) is 30.7 Å². The van der Waals surface area contributed by atoms with Gasteiger partial charge in [-0.1, -0.05) is 108 Å². The second-order valence-electron chi connectivity index (χ2n) is 8.42. The summed E-state index contributed by atoms with van der Waals surface area (Å²) in [6, 6.07) is 36.5. The minimum atomic E-state index is -0.490. The van der Waals surface area contributed by atoms with E-state index in [1.165, 1.54) is 11.1 Å². The molecule has 4 aromatic carbocycles. The number of rotatable bonds is 7. The molecule has 37 heavy (non-hydrogen) atoms. The summed E-state index contributed by atoms with van der Waals surface area (Å²) in [6.45, 7) is 0. The van der Waals surface area contributed by atoms with E-state index in [1.54, 1.807) is 18.6 Å². The summed E-state index contributed by atoms with van der Waals surface area (Å²) in [5, 5.41) is 5.72. The summed E-state index contributed by atoms with van der Waals surface area (Å²) in [4.78, 5) is 4.01. The molecular formula is C30H26BCl2N3Si. The van der Waals surface area contributed by atoms with Crippen molar-refractivity contribution in [1.82, 2.24) is 14.8 Å². The Bertz CT molecular complexity index is 1290.